The summed E-state index contributed by atoms with van der Waals surface area (Å²) in [7, 11) is 0. The Hall–Kier alpha value is -1.56. The number of hydrogen-bond acceptors (Lipinski definition) is 0. The maximum absolute atomic E-state index is 2.26. The smallest absolute Gasteiger partial charge is 0.0392 e. The molecule has 0 saturated heterocycles. The van der Waals surface area contributed by atoms with E-state index >= 15 is 0 Å². The van der Waals surface area contributed by atoms with Crippen LogP contribution in [0.15, 0.2) is 36.4 Å². The Labute approximate surface area is 125 Å². The lowest BCUT2D eigenvalue weighted by molar-refractivity contribution is 1.18. The van der Waals surface area contributed by atoms with Crippen LogP contribution >= 0.6 is 0 Å². The molecule has 2 aromatic carbocycles. The molecule has 0 aliphatic carbocycles. The van der Waals surface area contributed by atoms with Crippen LogP contribution in [0.4, 0.5) is 0 Å². The van der Waals surface area contributed by atoms with Crippen LogP contribution in [0.2, 0.25) is 0 Å². The van der Waals surface area contributed by atoms with E-state index in [1.54, 1.807) is 0 Å². The summed E-state index contributed by atoms with van der Waals surface area (Å²) in [5.74, 6) is 0. The molecule has 0 aliphatic rings. The van der Waals surface area contributed by atoms with Gasteiger partial charge in [-0.2, -0.15) is 0 Å². The Morgan fingerprint density at radius 2 is 0.950 bits per heavy atom. The molecule has 110 valence electrons. The summed E-state index contributed by atoms with van der Waals surface area (Å²) in [4.78, 5) is 0. The zero-order valence-corrected chi connectivity index (χ0v) is 14.5. The third-order valence-electron chi connectivity index (χ3n) is 3.68. The van der Waals surface area contributed by atoms with Crippen molar-refractivity contribution in [1.82, 2.24) is 0 Å². The molecule has 0 N–H and O–H groups in total. The van der Waals surface area contributed by atoms with Crippen LogP contribution in [0, 0.1) is 41.5 Å². The fourth-order valence-corrected chi connectivity index (χ4v) is 1.95. The zero-order chi connectivity index (χ0) is 15.7. The van der Waals surface area contributed by atoms with Crippen LogP contribution in [-0.2, 0) is 0 Å². The van der Waals surface area contributed by atoms with E-state index in [0.29, 0.717) is 0 Å². The molecule has 0 radical (unpaired) electrons. The van der Waals surface area contributed by atoms with Gasteiger partial charge in [-0.25, -0.2) is 0 Å². The maximum Gasteiger partial charge on any atom is -0.0392 e. The van der Waals surface area contributed by atoms with Crippen molar-refractivity contribution in [3.63, 3.8) is 0 Å². The topological polar surface area (TPSA) is 0 Å². The van der Waals surface area contributed by atoms with Crippen LogP contribution < -0.4 is 0 Å². The average Bonchev–Trinajstić information content (AvgIpc) is 2.47. The number of aryl methyl sites for hydroxylation is 3. The van der Waals surface area contributed by atoms with Gasteiger partial charge < -0.3 is 0 Å². The summed E-state index contributed by atoms with van der Waals surface area (Å²) >= 11 is 0. The van der Waals surface area contributed by atoms with Gasteiger partial charge in [-0.05, 0) is 69.4 Å². The first-order chi connectivity index (χ1) is 9.43. The largest absolute Gasteiger partial charge is 0.0683 e. The first kappa shape index (κ1) is 18.4. The van der Waals surface area contributed by atoms with Crippen molar-refractivity contribution in [2.75, 3.05) is 0 Å². The van der Waals surface area contributed by atoms with E-state index in [0.717, 1.165) is 0 Å². The van der Waals surface area contributed by atoms with Gasteiger partial charge in [0.1, 0.15) is 0 Å². The van der Waals surface area contributed by atoms with Gasteiger partial charge in [0, 0.05) is 0 Å². The van der Waals surface area contributed by atoms with Crippen LogP contribution in [0.3, 0.4) is 0 Å². The predicted molar refractivity (Wildman–Crippen MR) is 92.7 cm³/mol. The van der Waals surface area contributed by atoms with Gasteiger partial charge in [0.05, 0.1) is 0 Å². The minimum atomic E-state index is 1.32. The predicted octanol–water partition coefficient (Wildman–Crippen LogP) is 6.25. The Bertz CT molecular complexity index is 481. The van der Waals surface area contributed by atoms with E-state index < -0.39 is 0 Å². The first-order valence-electron chi connectivity index (χ1n) is 7.49. The zero-order valence-electron chi connectivity index (χ0n) is 14.5. The highest BCUT2D eigenvalue weighted by Gasteiger charge is 2.02. The van der Waals surface area contributed by atoms with Crippen molar-refractivity contribution in [3.05, 3.63) is 69.8 Å². The molecule has 20 heavy (non-hydrogen) atoms. The molecule has 0 nitrogen and oxygen atoms in total. The van der Waals surface area contributed by atoms with Crippen molar-refractivity contribution in [2.24, 2.45) is 0 Å². The lowest BCUT2D eigenvalue weighted by Gasteiger charge is -2.10. The van der Waals surface area contributed by atoms with Crippen molar-refractivity contribution >= 4 is 0 Å². The Morgan fingerprint density at radius 1 is 0.550 bits per heavy atom. The SMILES string of the molecule is CC.Cc1cc(C)c(C)c(C)c1C.Cc1ccccc1. The Morgan fingerprint density at radius 3 is 1.25 bits per heavy atom. The number of benzene rings is 2. The molecule has 0 fully saturated rings. The van der Waals surface area contributed by atoms with Crippen molar-refractivity contribution in [3.8, 4) is 0 Å². The molecular formula is C20H30. The molecule has 0 unspecified atom stereocenters. The summed E-state index contributed by atoms with van der Waals surface area (Å²) in [6.45, 7) is 17.0. The van der Waals surface area contributed by atoms with Crippen molar-refractivity contribution in [1.29, 1.82) is 0 Å². The standard InChI is InChI=1S/C11H16.C7H8.C2H6/c1-7-6-8(2)10(4)11(5)9(7)3;1-7-5-3-2-4-6-7;1-2/h6H,1-5H3;2-6H,1H3;1-2H3. The van der Waals surface area contributed by atoms with E-state index in [9.17, 15) is 0 Å². The lowest BCUT2D eigenvalue weighted by Crippen LogP contribution is -1.93. The molecule has 0 amide bonds. The molecule has 0 aliphatic heterocycles. The molecule has 0 bridgehead atoms. The average molecular weight is 270 g/mol. The maximum atomic E-state index is 2.26. The highest BCUT2D eigenvalue weighted by Crippen LogP contribution is 2.19. The van der Waals surface area contributed by atoms with Crippen molar-refractivity contribution < 1.29 is 0 Å². The fraction of sp³-hybridized carbons (Fsp3) is 0.400. The van der Waals surface area contributed by atoms with Gasteiger partial charge in [0.25, 0.3) is 0 Å². The highest BCUT2D eigenvalue weighted by atomic mass is 14.1. The third-order valence-corrected chi connectivity index (χ3v) is 3.68. The fourth-order valence-electron chi connectivity index (χ4n) is 1.95. The molecule has 2 aromatic rings. The van der Waals surface area contributed by atoms with Crippen LogP contribution in [0.1, 0.15) is 47.2 Å². The molecular weight excluding hydrogens is 240 g/mol. The van der Waals surface area contributed by atoms with E-state index in [1.807, 2.05) is 32.0 Å². The quantitative estimate of drug-likeness (QED) is 0.530. The van der Waals surface area contributed by atoms with Crippen LogP contribution in [0.25, 0.3) is 0 Å². The summed E-state index contributed by atoms with van der Waals surface area (Å²) in [5.41, 5.74) is 8.46. The lowest BCUT2D eigenvalue weighted by atomic mass is 9.96. The van der Waals surface area contributed by atoms with Crippen molar-refractivity contribution in [2.45, 2.75) is 55.4 Å². The van der Waals surface area contributed by atoms with Gasteiger partial charge in [-0.3, -0.25) is 0 Å². The number of hydrogen-bond donors (Lipinski definition) is 0. The summed E-state index contributed by atoms with van der Waals surface area (Å²) in [6.07, 6.45) is 0. The second-order valence-electron chi connectivity index (χ2n) is 5.04. The van der Waals surface area contributed by atoms with E-state index in [-0.39, 0.29) is 0 Å². The van der Waals surface area contributed by atoms with Crippen LogP contribution in [0.5, 0.6) is 0 Å². The summed E-state index contributed by atoms with van der Waals surface area (Å²) < 4.78 is 0. The summed E-state index contributed by atoms with van der Waals surface area (Å²) in [6, 6.07) is 12.5. The molecule has 0 saturated carbocycles. The summed E-state index contributed by atoms with van der Waals surface area (Å²) in [5, 5.41) is 0. The van der Waals surface area contributed by atoms with Gasteiger partial charge in [0.2, 0.25) is 0 Å². The van der Waals surface area contributed by atoms with Crippen LogP contribution in [-0.4, -0.2) is 0 Å². The highest BCUT2D eigenvalue weighted by molar-refractivity contribution is 5.42. The van der Waals surface area contributed by atoms with Gasteiger partial charge in [0.15, 0.2) is 0 Å². The minimum absolute atomic E-state index is 1.32. The molecule has 2 rings (SSSR count). The van der Waals surface area contributed by atoms with E-state index in [2.05, 4.69) is 59.7 Å². The first-order valence-corrected chi connectivity index (χ1v) is 7.49. The second-order valence-corrected chi connectivity index (χ2v) is 5.04. The Kier molecular flexibility index (Phi) is 8.63. The minimum Gasteiger partial charge on any atom is -0.0683 e. The monoisotopic (exact) mass is 270 g/mol. The molecule has 0 heterocycles. The van der Waals surface area contributed by atoms with Gasteiger partial charge in [-0.15, -0.1) is 0 Å². The van der Waals surface area contributed by atoms with Gasteiger partial charge in [-0.1, -0.05) is 55.8 Å². The van der Waals surface area contributed by atoms with E-state index in [1.165, 1.54) is 33.4 Å². The normalized spacial score (nSPS) is 9.00. The Balaban J connectivity index is 0.000000345. The number of rotatable bonds is 0. The second kappa shape index (κ2) is 9.36. The molecule has 0 spiro atoms. The molecule has 0 aromatic heterocycles. The molecule has 0 heteroatoms. The van der Waals surface area contributed by atoms with E-state index in [4.69, 9.17) is 0 Å². The molecule has 0 atom stereocenters. The van der Waals surface area contributed by atoms with Gasteiger partial charge >= 0.3 is 0 Å². The third kappa shape index (κ3) is 5.61.